The Balaban J connectivity index is 0.000000238. The molecule has 0 saturated carbocycles. The highest BCUT2D eigenvalue weighted by atomic mass is 16.3. The third kappa shape index (κ3) is 9.28. The van der Waals surface area contributed by atoms with Gasteiger partial charge in [-0.1, -0.05) is 115 Å². The first kappa shape index (κ1) is 33.6. The van der Waals surface area contributed by atoms with Gasteiger partial charge in [-0.25, -0.2) is 0 Å². The molecular weight excluding hydrogens is 532 g/mol. The predicted octanol–water partition coefficient (Wildman–Crippen LogP) is 10.2. The van der Waals surface area contributed by atoms with Gasteiger partial charge in [0.05, 0.1) is 0 Å². The minimum absolute atomic E-state index is 0.104. The monoisotopic (exact) mass is 582 g/mol. The first-order valence-corrected chi connectivity index (χ1v) is 15.7. The molecule has 0 fully saturated rings. The third-order valence-corrected chi connectivity index (χ3v) is 8.61. The van der Waals surface area contributed by atoms with Gasteiger partial charge in [0.15, 0.2) is 0 Å². The molecule has 4 aromatic rings. The summed E-state index contributed by atoms with van der Waals surface area (Å²) >= 11 is 0. The zero-order chi connectivity index (χ0) is 31.5. The van der Waals surface area contributed by atoms with Crippen LogP contribution in [0.2, 0.25) is 0 Å². The lowest BCUT2D eigenvalue weighted by atomic mass is 9.71. The summed E-state index contributed by atoms with van der Waals surface area (Å²) in [5, 5.41) is 38.1. The summed E-state index contributed by atoms with van der Waals surface area (Å²) in [6.45, 7) is 11.1. The molecule has 4 rings (SSSR count). The highest BCUT2D eigenvalue weighted by Crippen LogP contribution is 2.40. The van der Waals surface area contributed by atoms with E-state index in [1.807, 2.05) is 48.5 Å². The number of phenols is 4. The van der Waals surface area contributed by atoms with Crippen LogP contribution in [0.1, 0.15) is 102 Å². The molecule has 4 nitrogen and oxygen atoms in total. The molecule has 0 aliphatic rings. The molecule has 43 heavy (non-hydrogen) atoms. The first-order valence-electron chi connectivity index (χ1n) is 15.7. The Morgan fingerprint density at radius 3 is 1.07 bits per heavy atom. The maximum atomic E-state index is 9.57. The van der Waals surface area contributed by atoms with E-state index in [4.69, 9.17) is 0 Å². The second-order valence-corrected chi connectivity index (χ2v) is 12.6. The summed E-state index contributed by atoms with van der Waals surface area (Å²) in [6, 6.07) is 29.9. The van der Waals surface area contributed by atoms with Crippen molar-refractivity contribution in [2.75, 3.05) is 0 Å². The van der Waals surface area contributed by atoms with Crippen molar-refractivity contribution in [2.24, 2.45) is 5.92 Å². The summed E-state index contributed by atoms with van der Waals surface area (Å²) in [7, 11) is 0. The van der Waals surface area contributed by atoms with Gasteiger partial charge < -0.3 is 20.4 Å². The average molecular weight is 583 g/mol. The van der Waals surface area contributed by atoms with Crippen LogP contribution < -0.4 is 0 Å². The van der Waals surface area contributed by atoms with Crippen molar-refractivity contribution in [3.63, 3.8) is 0 Å². The standard InChI is InChI=1S/C21H28O2.C18H22O2/c1-3-4-5-6-7-16-21(2,17-8-12-19(22)13-9-17)18-10-14-20(23)15-11-18;1-13(2)12-18(3,14-4-8-16(19)9-5-14)15-6-10-17(20)11-7-15/h8-15,22-23H,3-7,16H2,1-2H3;4-11,13,19-20H,12H2,1-3H3. The van der Waals surface area contributed by atoms with Gasteiger partial charge in [-0.3, -0.25) is 0 Å². The van der Waals surface area contributed by atoms with Crippen molar-refractivity contribution in [1.82, 2.24) is 0 Å². The van der Waals surface area contributed by atoms with Gasteiger partial charge in [-0.15, -0.1) is 0 Å². The van der Waals surface area contributed by atoms with Crippen LogP contribution in [-0.4, -0.2) is 20.4 Å². The van der Waals surface area contributed by atoms with E-state index in [2.05, 4.69) is 34.6 Å². The minimum Gasteiger partial charge on any atom is -0.508 e. The molecule has 0 bridgehead atoms. The van der Waals surface area contributed by atoms with Crippen LogP contribution in [0.15, 0.2) is 97.1 Å². The van der Waals surface area contributed by atoms with Crippen LogP contribution in [0.4, 0.5) is 0 Å². The van der Waals surface area contributed by atoms with E-state index in [1.54, 1.807) is 48.5 Å². The summed E-state index contributed by atoms with van der Waals surface area (Å²) in [5.41, 5.74) is 4.53. The fourth-order valence-electron chi connectivity index (χ4n) is 6.07. The highest BCUT2D eigenvalue weighted by molar-refractivity contribution is 5.43. The van der Waals surface area contributed by atoms with Gasteiger partial charge in [0.25, 0.3) is 0 Å². The highest BCUT2D eigenvalue weighted by Gasteiger charge is 2.30. The minimum atomic E-state index is -0.129. The number of aromatic hydroxyl groups is 4. The second kappa shape index (κ2) is 15.5. The quantitative estimate of drug-likeness (QED) is 0.125. The fraction of sp³-hybridized carbons (Fsp3) is 0.385. The van der Waals surface area contributed by atoms with Crippen molar-refractivity contribution in [3.05, 3.63) is 119 Å². The summed E-state index contributed by atoms with van der Waals surface area (Å²) < 4.78 is 0. The van der Waals surface area contributed by atoms with Crippen molar-refractivity contribution in [1.29, 1.82) is 0 Å². The molecular formula is C39H50O4. The zero-order valence-corrected chi connectivity index (χ0v) is 26.6. The van der Waals surface area contributed by atoms with Crippen LogP contribution in [0, 0.1) is 5.92 Å². The van der Waals surface area contributed by atoms with Crippen LogP contribution >= 0.6 is 0 Å². The SMILES string of the molecule is CC(C)CC(C)(c1ccc(O)cc1)c1ccc(O)cc1.CCCCCCCC(C)(c1ccc(O)cc1)c1ccc(O)cc1. The molecule has 0 saturated heterocycles. The van der Waals surface area contributed by atoms with E-state index in [-0.39, 0.29) is 22.3 Å². The van der Waals surface area contributed by atoms with Gasteiger partial charge in [0.2, 0.25) is 0 Å². The smallest absolute Gasteiger partial charge is 0.115 e. The van der Waals surface area contributed by atoms with Gasteiger partial charge in [-0.05, 0) is 89.5 Å². The van der Waals surface area contributed by atoms with E-state index in [1.165, 1.54) is 54.4 Å². The molecule has 0 spiro atoms. The lowest BCUT2D eigenvalue weighted by Gasteiger charge is -2.33. The Morgan fingerprint density at radius 1 is 0.465 bits per heavy atom. The molecule has 0 aliphatic heterocycles. The van der Waals surface area contributed by atoms with Gasteiger partial charge in [-0.2, -0.15) is 0 Å². The number of rotatable bonds is 12. The van der Waals surface area contributed by atoms with Crippen LogP contribution in [0.3, 0.4) is 0 Å². The molecule has 0 aromatic heterocycles. The van der Waals surface area contributed by atoms with Crippen molar-refractivity contribution >= 4 is 0 Å². The Hall–Kier alpha value is -3.92. The number of hydrogen-bond acceptors (Lipinski definition) is 4. The maximum absolute atomic E-state index is 9.57. The van der Waals surface area contributed by atoms with Gasteiger partial charge >= 0.3 is 0 Å². The lowest BCUT2D eigenvalue weighted by Crippen LogP contribution is -2.25. The van der Waals surface area contributed by atoms with E-state index < -0.39 is 0 Å². The van der Waals surface area contributed by atoms with E-state index in [0.717, 1.165) is 12.8 Å². The summed E-state index contributed by atoms with van der Waals surface area (Å²) in [6.07, 6.45) is 8.34. The molecule has 0 aliphatic carbocycles. The fourth-order valence-corrected chi connectivity index (χ4v) is 6.07. The number of benzene rings is 4. The Bertz CT molecular complexity index is 1260. The molecule has 0 unspecified atom stereocenters. The number of hydrogen-bond donors (Lipinski definition) is 4. The Labute approximate surface area is 258 Å². The Kier molecular flexibility index (Phi) is 12.1. The molecule has 230 valence electrons. The first-order chi connectivity index (χ1) is 20.5. The molecule has 0 amide bonds. The molecule has 4 heteroatoms. The van der Waals surface area contributed by atoms with E-state index >= 15 is 0 Å². The second-order valence-electron chi connectivity index (χ2n) is 12.6. The Morgan fingerprint density at radius 2 is 0.767 bits per heavy atom. The predicted molar refractivity (Wildman–Crippen MR) is 178 cm³/mol. The number of unbranched alkanes of at least 4 members (excludes halogenated alkanes) is 4. The molecule has 0 radical (unpaired) electrons. The molecule has 0 atom stereocenters. The van der Waals surface area contributed by atoms with Crippen LogP contribution in [-0.2, 0) is 10.8 Å². The lowest BCUT2D eigenvalue weighted by molar-refractivity contribution is 0.424. The third-order valence-electron chi connectivity index (χ3n) is 8.61. The largest absolute Gasteiger partial charge is 0.508 e. The number of phenolic OH excluding ortho intramolecular Hbond substituents is 4. The van der Waals surface area contributed by atoms with Gasteiger partial charge in [0, 0.05) is 10.8 Å². The van der Waals surface area contributed by atoms with Gasteiger partial charge in [0.1, 0.15) is 23.0 Å². The molecule has 4 aromatic carbocycles. The maximum Gasteiger partial charge on any atom is 0.115 e. The molecule has 0 heterocycles. The normalized spacial score (nSPS) is 11.7. The van der Waals surface area contributed by atoms with Crippen LogP contribution in [0.5, 0.6) is 23.0 Å². The average Bonchev–Trinajstić information content (AvgIpc) is 2.98. The molecule has 4 N–H and O–H groups in total. The zero-order valence-electron chi connectivity index (χ0n) is 26.6. The summed E-state index contributed by atoms with van der Waals surface area (Å²) in [4.78, 5) is 0. The van der Waals surface area contributed by atoms with Crippen molar-refractivity contribution < 1.29 is 20.4 Å². The van der Waals surface area contributed by atoms with E-state index in [0.29, 0.717) is 17.4 Å². The van der Waals surface area contributed by atoms with Crippen molar-refractivity contribution in [2.45, 2.75) is 90.4 Å². The summed E-state index contributed by atoms with van der Waals surface area (Å²) in [5.74, 6) is 1.70. The van der Waals surface area contributed by atoms with Crippen LogP contribution in [0.25, 0.3) is 0 Å². The van der Waals surface area contributed by atoms with E-state index in [9.17, 15) is 20.4 Å². The van der Waals surface area contributed by atoms with Crippen molar-refractivity contribution in [3.8, 4) is 23.0 Å². The topological polar surface area (TPSA) is 80.9 Å².